The number of ether oxygens (including phenoxy) is 2. The summed E-state index contributed by atoms with van der Waals surface area (Å²) in [6.45, 7) is 2.06. The van der Waals surface area contributed by atoms with Crippen LogP contribution in [0.5, 0.6) is 11.5 Å². The second kappa shape index (κ2) is 7.99. The van der Waals surface area contributed by atoms with Gasteiger partial charge in [0.15, 0.2) is 16.6 Å². The maximum atomic E-state index is 9.30. The fraction of sp³-hybridized carbons (Fsp3) is 0.278. The molecule has 0 spiro atoms. The summed E-state index contributed by atoms with van der Waals surface area (Å²) < 4.78 is 10.7. The summed E-state index contributed by atoms with van der Waals surface area (Å²) in [5.41, 5.74) is 2.21. The number of thiocarbonyl (C=S) groups is 1. The molecule has 0 atom stereocenters. The summed E-state index contributed by atoms with van der Waals surface area (Å²) in [5, 5.41) is 13.2. The summed E-state index contributed by atoms with van der Waals surface area (Å²) >= 11 is 5.49. The average Bonchev–Trinajstić information content (AvgIpc) is 3.08. The molecular weight excluding hydrogens is 324 g/mol. The highest BCUT2D eigenvalue weighted by atomic mass is 32.1. The van der Waals surface area contributed by atoms with Crippen LogP contribution in [0.15, 0.2) is 48.5 Å². The molecule has 2 N–H and O–H groups in total. The van der Waals surface area contributed by atoms with Crippen LogP contribution in [-0.4, -0.2) is 35.1 Å². The monoisotopic (exact) mass is 344 g/mol. The van der Waals surface area contributed by atoms with E-state index in [4.69, 9.17) is 21.7 Å². The molecule has 24 heavy (non-hydrogen) atoms. The molecule has 0 bridgehead atoms. The van der Waals surface area contributed by atoms with E-state index in [0.717, 1.165) is 22.6 Å². The lowest BCUT2D eigenvalue weighted by Gasteiger charge is -2.25. The van der Waals surface area contributed by atoms with Crippen molar-refractivity contribution in [2.45, 2.75) is 13.1 Å². The zero-order valence-electron chi connectivity index (χ0n) is 13.3. The first-order valence-electron chi connectivity index (χ1n) is 7.82. The van der Waals surface area contributed by atoms with Crippen LogP contribution in [0, 0.1) is 0 Å². The highest BCUT2D eigenvalue weighted by molar-refractivity contribution is 7.80. The van der Waals surface area contributed by atoms with Crippen molar-refractivity contribution in [2.24, 2.45) is 0 Å². The third-order valence-corrected chi connectivity index (χ3v) is 4.16. The standard InChI is InChI=1S/C18H20N2O3S/c21-9-8-20(12-14-4-2-1-3-5-14)18(24)19-11-15-6-7-16-17(10-15)23-13-22-16/h1-7,10,21H,8-9,11-13H2,(H,19,24). The fourth-order valence-electron chi connectivity index (χ4n) is 2.52. The van der Waals surface area contributed by atoms with Crippen LogP contribution in [0.1, 0.15) is 11.1 Å². The molecule has 0 aromatic heterocycles. The summed E-state index contributed by atoms with van der Waals surface area (Å²) in [4.78, 5) is 1.96. The van der Waals surface area contributed by atoms with E-state index >= 15 is 0 Å². The first-order valence-corrected chi connectivity index (χ1v) is 8.23. The smallest absolute Gasteiger partial charge is 0.231 e. The number of nitrogens with one attached hydrogen (secondary N) is 1. The van der Waals surface area contributed by atoms with Gasteiger partial charge in [-0.25, -0.2) is 0 Å². The van der Waals surface area contributed by atoms with E-state index in [1.807, 2.05) is 53.4 Å². The second-order valence-electron chi connectivity index (χ2n) is 5.48. The largest absolute Gasteiger partial charge is 0.454 e. The molecule has 1 heterocycles. The van der Waals surface area contributed by atoms with Gasteiger partial charge in [0.1, 0.15) is 0 Å². The summed E-state index contributed by atoms with van der Waals surface area (Å²) in [5.74, 6) is 1.53. The number of fused-ring (bicyclic) bond motifs is 1. The third-order valence-electron chi connectivity index (χ3n) is 3.75. The molecule has 0 unspecified atom stereocenters. The molecule has 0 fully saturated rings. The molecule has 0 saturated heterocycles. The SMILES string of the molecule is OCCN(Cc1ccccc1)C(=S)NCc1ccc2c(c1)OCO2. The van der Waals surface area contributed by atoms with Gasteiger partial charge >= 0.3 is 0 Å². The predicted molar refractivity (Wildman–Crippen MR) is 95.9 cm³/mol. The first kappa shape index (κ1) is 16.5. The van der Waals surface area contributed by atoms with Gasteiger partial charge in [-0.1, -0.05) is 36.4 Å². The predicted octanol–water partition coefficient (Wildman–Crippen LogP) is 2.28. The Morgan fingerprint density at radius 1 is 1.08 bits per heavy atom. The molecule has 6 heteroatoms. The maximum absolute atomic E-state index is 9.30. The van der Waals surface area contributed by atoms with Crippen molar-refractivity contribution in [3.8, 4) is 11.5 Å². The van der Waals surface area contributed by atoms with Gasteiger partial charge in [0, 0.05) is 19.6 Å². The maximum Gasteiger partial charge on any atom is 0.231 e. The number of rotatable bonds is 6. The highest BCUT2D eigenvalue weighted by Gasteiger charge is 2.14. The Bertz CT molecular complexity index is 694. The normalized spacial score (nSPS) is 12.0. The third kappa shape index (κ3) is 4.15. The van der Waals surface area contributed by atoms with Crippen molar-refractivity contribution in [1.29, 1.82) is 0 Å². The Kier molecular flexibility index (Phi) is 5.51. The van der Waals surface area contributed by atoms with Crippen molar-refractivity contribution in [3.05, 3.63) is 59.7 Å². The molecule has 0 amide bonds. The van der Waals surface area contributed by atoms with Crippen LogP contribution in [0.25, 0.3) is 0 Å². The number of aliphatic hydroxyl groups is 1. The van der Waals surface area contributed by atoms with Crippen LogP contribution in [0.3, 0.4) is 0 Å². The van der Waals surface area contributed by atoms with Gasteiger partial charge in [-0.15, -0.1) is 0 Å². The molecule has 0 radical (unpaired) electrons. The minimum absolute atomic E-state index is 0.0542. The van der Waals surface area contributed by atoms with Crippen molar-refractivity contribution < 1.29 is 14.6 Å². The van der Waals surface area contributed by atoms with Crippen molar-refractivity contribution in [1.82, 2.24) is 10.2 Å². The first-order chi connectivity index (χ1) is 11.8. The van der Waals surface area contributed by atoms with Crippen molar-refractivity contribution >= 4 is 17.3 Å². The molecule has 2 aromatic rings. The van der Waals surface area contributed by atoms with Gasteiger partial charge in [0.2, 0.25) is 6.79 Å². The van der Waals surface area contributed by atoms with E-state index in [9.17, 15) is 5.11 Å². The van der Waals surface area contributed by atoms with E-state index in [1.165, 1.54) is 0 Å². The zero-order valence-corrected chi connectivity index (χ0v) is 14.1. The average molecular weight is 344 g/mol. The van der Waals surface area contributed by atoms with Gasteiger partial charge < -0.3 is 24.8 Å². The number of aliphatic hydroxyl groups excluding tert-OH is 1. The molecule has 1 aliphatic rings. The molecule has 0 saturated carbocycles. The Hall–Kier alpha value is -2.31. The van der Waals surface area contributed by atoms with Crippen LogP contribution in [0.2, 0.25) is 0 Å². The molecule has 5 nitrogen and oxygen atoms in total. The van der Waals surface area contributed by atoms with E-state index in [2.05, 4.69) is 5.32 Å². The number of nitrogens with zero attached hydrogens (tertiary/aromatic N) is 1. The van der Waals surface area contributed by atoms with Gasteiger partial charge in [-0.05, 0) is 35.5 Å². The molecular formula is C18H20N2O3S. The number of hydrogen-bond acceptors (Lipinski definition) is 4. The van der Waals surface area contributed by atoms with E-state index in [-0.39, 0.29) is 13.4 Å². The summed E-state index contributed by atoms with van der Waals surface area (Å²) in [7, 11) is 0. The van der Waals surface area contributed by atoms with Crippen LogP contribution >= 0.6 is 12.2 Å². The van der Waals surface area contributed by atoms with Crippen LogP contribution < -0.4 is 14.8 Å². The highest BCUT2D eigenvalue weighted by Crippen LogP contribution is 2.32. The van der Waals surface area contributed by atoms with Gasteiger partial charge in [0.25, 0.3) is 0 Å². The molecule has 126 valence electrons. The summed E-state index contributed by atoms with van der Waals surface area (Å²) in [6.07, 6.45) is 0. The number of benzene rings is 2. The minimum atomic E-state index is 0.0542. The van der Waals surface area contributed by atoms with Crippen LogP contribution in [-0.2, 0) is 13.1 Å². The summed E-state index contributed by atoms with van der Waals surface area (Å²) in [6, 6.07) is 15.9. The lowest BCUT2D eigenvalue weighted by Crippen LogP contribution is -2.40. The molecule has 0 aliphatic carbocycles. The lowest BCUT2D eigenvalue weighted by molar-refractivity contribution is 0.174. The lowest BCUT2D eigenvalue weighted by atomic mass is 10.2. The Labute approximate surface area is 146 Å². The van der Waals surface area contributed by atoms with Crippen LogP contribution in [0.4, 0.5) is 0 Å². The van der Waals surface area contributed by atoms with E-state index in [0.29, 0.717) is 24.7 Å². The Balaban J connectivity index is 1.59. The van der Waals surface area contributed by atoms with Gasteiger partial charge in [-0.3, -0.25) is 0 Å². The fourth-order valence-corrected chi connectivity index (χ4v) is 2.75. The topological polar surface area (TPSA) is 54.0 Å². The zero-order chi connectivity index (χ0) is 16.8. The quantitative estimate of drug-likeness (QED) is 0.784. The Morgan fingerprint density at radius 3 is 2.67 bits per heavy atom. The minimum Gasteiger partial charge on any atom is -0.454 e. The second-order valence-corrected chi connectivity index (χ2v) is 5.86. The van der Waals surface area contributed by atoms with Crippen molar-refractivity contribution in [2.75, 3.05) is 19.9 Å². The van der Waals surface area contributed by atoms with E-state index < -0.39 is 0 Å². The number of hydrogen-bond donors (Lipinski definition) is 2. The van der Waals surface area contributed by atoms with Crippen molar-refractivity contribution in [3.63, 3.8) is 0 Å². The van der Waals surface area contributed by atoms with Gasteiger partial charge in [-0.2, -0.15) is 0 Å². The van der Waals surface area contributed by atoms with Gasteiger partial charge in [0.05, 0.1) is 6.61 Å². The molecule has 3 rings (SSSR count). The molecule has 1 aliphatic heterocycles. The molecule has 2 aromatic carbocycles. The van der Waals surface area contributed by atoms with E-state index in [1.54, 1.807) is 0 Å². The Morgan fingerprint density at radius 2 is 1.88 bits per heavy atom.